The van der Waals surface area contributed by atoms with Gasteiger partial charge < -0.3 is 9.47 Å². The van der Waals surface area contributed by atoms with Gasteiger partial charge in [0, 0.05) is 10.0 Å². The van der Waals surface area contributed by atoms with Crippen LogP contribution < -0.4 is 4.74 Å². The SMILES string of the molecule is COC(=O)[C@H](C)N1C(=O)S/C(=C/c2cc(Br)ccc2OCc2ccc(C)cc2)C1=O. The topological polar surface area (TPSA) is 72.9 Å². The summed E-state index contributed by atoms with van der Waals surface area (Å²) < 4.78 is 11.4. The predicted octanol–water partition coefficient (Wildman–Crippen LogP) is 4.93. The molecule has 1 aliphatic rings. The van der Waals surface area contributed by atoms with Crippen LogP contribution in [0.5, 0.6) is 5.75 Å². The Kier molecular flexibility index (Phi) is 6.99. The first-order chi connectivity index (χ1) is 14.3. The van der Waals surface area contributed by atoms with Crippen LogP contribution in [0.15, 0.2) is 51.8 Å². The molecule has 1 atom stereocenters. The van der Waals surface area contributed by atoms with Crippen molar-refractivity contribution in [3.05, 3.63) is 68.5 Å². The van der Waals surface area contributed by atoms with Crippen molar-refractivity contribution in [2.45, 2.75) is 26.5 Å². The predicted molar refractivity (Wildman–Crippen MR) is 119 cm³/mol. The number of carbonyl (C=O) groups excluding carboxylic acids is 3. The molecule has 8 heteroatoms. The van der Waals surface area contributed by atoms with Gasteiger partial charge in [-0.1, -0.05) is 45.8 Å². The third kappa shape index (κ3) is 4.94. The Labute approximate surface area is 187 Å². The molecule has 0 bridgehead atoms. The van der Waals surface area contributed by atoms with Gasteiger partial charge in [-0.2, -0.15) is 0 Å². The fourth-order valence-electron chi connectivity index (χ4n) is 2.84. The second kappa shape index (κ2) is 9.49. The highest BCUT2D eigenvalue weighted by Crippen LogP contribution is 2.36. The molecule has 30 heavy (non-hydrogen) atoms. The highest BCUT2D eigenvalue weighted by Gasteiger charge is 2.41. The number of aryl methyl sites for hydroxylation is 1. The maximum atomic E-state index is 12.7. The van der Waals surface area contributed by atoms with Gasteiger partial charge in [0.1, 0.15) is 18.4 Å². The minimum Gasteiger partial charge on any atom is -0.488 e. The fraction of sp³-hybridized carbons (Fsp3) is 0.227. The number of rotatable bonds is 6. The highest BCUT2D eigenvalue weighted by molar-refractivity contribution is 9.10. The van der Waals surface area contributed by atoms with Gasteiger partial charge in [-0.25, -0.2) is 4.79 Å². The third-order valence-electron chi connectivity index (χ3n) is 4.53. The first-order valence-electron chi connectivity index (χ1n) is 9.13. The zero-order valence-corrected chi connectivity index (χ0v) is 19.1. The van der Waals surface area contributed by atoms with E-state index in [0.29, 0.717) is 17.9 Å². The van der Waals surface area contributed by atoms with Gasteiger partial charge in [0.2, 0.25) is 0 Å². The molecule has 2 amide bonds. The first kappa shape index (κ1) is 22.1. The molecule has 0 N–H and O–H groups in total. The van der Waals surface area contributed by atoms with Crippen LogP contribution in [0.4, 0.5) is 4.79 Å². The number of ether oxygens (including phenoxy) is 2. The molecular formula is C22H20BrNO5S. The summed E-state index contributed by atoms with van der Waals surface area (Å²) in [5.74, 6) is -0.609. The van der Waals surface area contributed by atoms with Crippen LogP contribution in [0.25, 0.3) is 6.08 Å². The normalized spacial score (nSPS) is 16.1. The quantitative estimate of drug-likeness (QED) is 0.422. The number of thioether (sulfide) groups is 1. The van der Waals surface area contributed by atoms with E-state index < -0.39 is 23.2 Å². The van der Waals surface area contributed by atoms with Crippen LogP contribution in [-0.2, 0) is 20.9 Å². The summed E-state index contributed by atoms with van der Waals surface area (Å²) in [6, 6.07) is 12.5. The number of hydrogen-bond acceptors (Lipinski definition) is 6. The maximum Gasteiger partial charge on any atom is 0.328 e. The third-order valence-corrected chi connectivity index (χ3v) is 5.90. The number of benzene rings is 2. The molecule has 0 saturated carbocycles. The Morgan fingerprint density at radius 1 is 1.20 bits per heavy atom. The van der Waals surface area contributed by atoms with Gasteiger partial charge in [0.05, 0.1) is 12.0 Å². The number of amides is 2. The molecule has 1 saturated heterocycles. The number of methoxy groups -OCH3 is 1. The van der Waals surface area contributed by atoms with Crippen LogP contribution in [0, 0.1) is 6.92 Å². The van der Waals surface area contributed by atoms with E-state index in [0.717, 1.165) is 26.7 Å². The van der Waals surface area contributed by atoms with E-state index in [4.69, 9.17) is 4.74 Å². The number of hydrogen-bond donors (Lipinski definition) is 0. The number of imide groups is 1. The molecule has 2 aromatic rings. The van der Waals surface area contributed by atoms with Gasteiger partial charge in [-0.05, 0) is 55.4 Å². The fourth-order valence-corrected chi connectivity index (χ4v) is 4.12. The molecule has 156 valence electrons. The first-order valence-corrected chi connectivity index (χ1v) is 10.7. The molecule has 0 aromatic heterocycles. The van der Waals surface area contributed by atoms with Crippen LogP contribution in [0.2, 0.25) is 0 Å². The maximum absolute atomic E-state index is 12.7. The van der Waals surface area contributed by atoms with Gasteiger partial charge in [0.25, 0.3) is 11.1 Å². The van der Waals surface area contributed by atoms with Crippen molar-refractivity contribution in [2.24, 2.45) is 0 Å². The van der Waals surface area contributed by atoms with E-state index in [1.54, 1.807) is 12.1 Å². The summed E-state index contributed by atoms with van der Waals surface area (Å²) in [5, 5.41) is -0.513. The van der Waals surface area contributed by atoms with Crippen molar-refractivity contribution < 1.29 is 23.9 Å². The Morgan fingerprint density at radius 3 is 2.57 bits per heavy atom. The molecule has 6 nitrogen and oxygen atoms in total. The lowest BCUT2D eigenvalue weighted by Gasteiger charge is -2.18. The average Bonchev–Trinajstić information content (AvgIpc) is 3.00. The minimum absolute atomic E-state index is 0.217. The lowest BCUT2D eigenvalue weighted by Crippen LogP contribution is -2.42. The van der Waals surface area contributed by atoms with Crippen molar-refractivity contribution >= 4 is 50.9 Å². The van der Waals surface area contributed by atoms with Crippen molar-refractivity contribution in [3.63, 3.8) is 0 Å². The summed E-state index contributed by atoms with van der Waals surface area (Å²) >= 11 is 4.21. The summed E-state index contributed by atoms with van der Waals surface area (Å²) in [6.45, 7) is 3.84. The van der Waals surface area contributed by atoms with Crippen molar-refractivity contribution in [2.75, 3.05) is 7.11 Å². The Balaban J connectivity index is 1.85. The lowest BCUT2D eigenvalue weighted by atomic mass is 10.1. The van der Waals surface area contributed by atoms with Crippen molar-refractivity contribution in [1.82, 2.24) is 4.90 Å². The molecule has 2 aromatic carbocycles. The monoisotopic (exact) mass is 489 g/mol. The standard InChI is InChI=1S/C22H20BrNO5S/c1-13-4-6-15(7-5-13)12-29-18-9-8-17(23)10-16(18)11-19-20(25)24(22(27)30-19)14(2)21(26)28-3/h4-11,14H,12H2,1-3H3/b19-11+/t14-/m0/s1. The van der Waals surface area contributed by atoms with Gasteiger partial charge >= 0.3 is 5.97 Å². The molecule has 1 fully saturated rings. The second-order valence-electron chi connectivity index (χ2n) is 6.71. The average molecular weight is 490 g/mol. The van der Waals surface area contributed by atoms with Crippen LogP contribution in [-0.4, -0.2) is 35.2 Å². The van der Waals surface area contributed by atoms with E-state index in [1.165, 1.54) is 19.6 Å². The number of carbonyl (C=O) groups is 3. The second-order valence-corrected chi connectivity index (χ2v) is 8.62. The molecule has 3 rings (SSSR count). The highest BCUT2D eigenvalue weighted by atomic mass is 79.9. The zero-order valence-electron chi connectivity index (χ0n) is 16.7. The van der Waals surface area contributed by atoms with Gasteiger partial charge in [-0.3, -0.25) is 14.5 Å². The summed E-state index contributed by atoms with van der Waals surface area (Å²) in [5.41, 5.74) is 2.83. The Hall–Kier alpha value is -2.58. The van der Waals surface area contributed by atoms with E-state index in [-0.39, 0.29) is 4.91 Å². The summed E-state index contributed by atoms with van der Waals surface area (Å²) in [7, 11) is 1.22. The van der Waals surface area contributed by atoms with E-state index in [2.05, 4.69) is 20.7 Å². The lowest BCUT2D eigenvalue weighted by molar-refractivity contribution is -0.148. The molecule has 0 spiro atoms. The van der Waals surface area contributed by atoms with Crippen LogP contribution in [0.3, 0.4) is 0 Å². The summed E-state index contributed by atoms with van der Waals surface area (Å²) in [6.07, 6.45) is 1.60. The van der Waals surface area contributed by atoms with Gasteiger partial charge in [0.15, 0.2) is 0 Å². The zero-order chi connectivity index (χ0) is 21.8. The smallest absolute Gasteiger partial charge is 0.328 e. The largest absolute Gasteiger partial charge is 0.488 e. The molecule has 0 aliphatic carbocycles. The minimum atomic E-state index is -0.992. The molecular weight excluding hydrogens is 470 g/mol. The molecule has 1 heterocycles. The van der Waals surface area contributed by atoms with Crippen LogP contribution >= 0.6 is 27.7 Å². The number of esters is 1. The molecule has 1 aliphatic heterocycles. The van der Waals surface area contributed by atoms with E-state index in [9.17, 15) is 14.4 Å². The van der Waals surface area contributed by atoms with Crippen molar-refractivity contribution in [1.29, 1.82) is 0 Å². The van der Waals surface area contributed by atoms with E-state index >= 15 is 0 Å². The Bertz CT molecular complexity index is 1020. The molecule has 0 radical (unpaired) electrons. The van der Waals surface area contributed by atoms with Gasteiger partial charge in [-0.15, -0.1) is 0 Å². The summed E-state index contributed by atoms with van der Waals surface area (Å²) in [4.78, 5) is 38.0. The molecule has 0 unspecified atom stereocenters. The van der Waals surface area contributed by atoms with Crippen molar-refractivity contribution in [3.8, 4) is 5.75 Å². The number of halogens is 1. The van der Waals surface area contributed by atoms with Crippen LogP contribution in [0.1, 0.15) is 23.6 Å². The van der Waals surface area contributed by atoms with E-state index in [1.807, 2.05) is 43.3 Å². The number of nitrogens with zero attached hydrogens (tertiary/aromatic N) is 1. The Morgan fingerprint density at radius 2 is 1.90 bits per heavy atom.